The molecule has 0 bridgehead atoms. The Hall–Kier alpha value is -0.120. The summed E-state index contributed by atoms with van der Waals surface area (Å²) in [7, 11) is -3.47. The van der Waals surface area contributed by atoms with Crippen molar-refractivity contribution < 1.29 is 8.42 Å². The number of hydrogen-bond acceptors (Lipinski definition) is 3. The molecule has 0 aliphatic rings. The number of aryl methyl sites for hydroxylation is 1. The number of benzene rings is 1. The molecule has 0 spiro atoms. The number of anilines is 1. The Kier molecular flexibility index (Phi) is 4.35. The zero-order chi connectivity index (χ0) is 13.3. The van der Waals surface area contributed by atoms with Crippen molar-refractivity contribution >= 4 is 65.6 Å². The lowest BCUT2D eigenvalue weighted by Gasteiger charge is -2.07. The quantitative estimate of drug-likeness (QED) is 0.701. The highest BCUT2D eigenvalue weighted by atomic mass is 127. The fraction of sp³-hybridized carbons (Fsp3) is 0.0909. The molecule has 0 saturated heterocycles. The van der Waals surface area contributed by atoms with Crippen LogP contribution in [0, 0.1) is 10.5 Å². The Balaban J connectivity index is 2.30. The van der Waals surface area contributed by atoms with Crippen molar-refractivity contribution in [3.05, 3.63) is 43.3 Å². The van der Waals surface area contributed by atoms with Crippen molar-refractivity contribution in [2.75, 3.05) is 4.72 Å². The van der Waals surface area contributed by atoms with E-state index >= 15 is 0 Å². The Morgan fingerprint density at radius 2 is 2.00 bits per heavy atom. The molecule has 0 radical (unpaired) electrons. The summed E-state index contributed by atoms with van der Waals surface area (Å²) < 4.78 is 29.0. The zero-order valence-electron chi connectivity index (χ0n) is 9.28. The molecule has 0 unspecified atom stereocenters. The molecule has 96 valence electrons. The van der Waals surface area contributed by atoms with Crippen LogP contribution in [-0.2, 0) is 10.0 Å². The molecule has 0 aliphatic heterocycles. The Morgan fingerprint density at radius 1 is 1.28 bits per heavy atom. The van der Waals surface area contributed by atoms with Gasteiger partial charge >= 0.3 is 0 Å². The van der Waals surface area contributed by atoms with Crippen LogP contribution in [0.4, 0.5) is 5.69 Å². The first-order valence-corrected chi connectivity index (χ1v) is 9.10. The van der Waals surface area contributed by atoms with Gasteiger partial charge in [0.15, 0.2) is 0 Å². The number of rotatable bonds is 3. The topological polar surface area (TPSA) is 46.2 Å². The molecule has 2 aromatic rings. The lowest BCUT2D eigenvalue weighted by Crippen LogP contribution is -2.11. The molecule has 1 heterocycles. The molecule has 2 rings (SSSR count). The van der Waals surface area contributed by atoms with Gasteiger partial charge in [0.2, 0.25) is 0 Å². The van der Waals surface area contributed by atoms with Gasteiger partial charge in [-0.25, -0.2) is 8.42 Å². The van der Waals surface area contributed by atoms with E-state index in [1.54, 1.807) is 24.3 Å². The summed E-state index contributed by atoms with van der Waals surface area (Å²) >= 11 is 6.78. The van der Waals surface area contributed by atoms with Gasteiger partial charge in [0.05, 0.1) is 0 Å². The van der Waals surface area contributed by atoms with Crippen molar-refractivity contribution in [3.63, 3.8) is 0 Å². The van der Waals surface area contributed by atoms with E-state index in [0.717, 1.165) is 12.9 Å². The van der Waals surface area contributed by atoms with Crippen molar-refractivity contribution in [1.29, 1.82) is 0 Å². The molecule has 0 saturated carbocycles. The summed E-state index contributed by atoms with van der Waals surface area (Å²) in [6, 6.07) is 8.74. The van der Waals surface area contributed by atoms with E-state index in [1.165, 1.54) is 11.3 Å². The largest absolute Gasteiger partial charge is 0.279 e. The minimum atomic E-state index is -3.47. The normalized spacial score (nSPS) is 11.5. The summed E-state index contributed by atoms with van der Waals surface area (Å²) in [4.78, 5) is 0.973. The van der Waals surface area contributed by atoms with E-state index in [-0.39, 0.29) is 0 Å². The standard InChI is InChI=1S/C11H9BrINO2S2/c1-7-2-5-11(17-7)18(15,16)14-8-3-4-9(12)10(13)6-8/h2-6,14H,1H3. The van der Waals surface area contributed by atoms with Gasteiger partial charge in [0.25, 0.3) is 10.0 Å². The van der Waals surface area contributed by atoms with Gasteiger partial charge in [-0.3, -0.25) is 4.72 Å². The number of sulfonamides is 1. The molecule has 3 nitrogen and oxygen atoms in total. The molecule has 0 amide bonds. The monoisotopic (exact) mass is 457 g/mol. The first-order chi connectivity index (χ1) is 8.38. The number of halogens is 2. The second-order valence-corrected chi connectivity index (χ2v) is 8.81. The molecule has 0 atom stereocenters. The molecule has 1 aromatic heterocycles. The van der Waals surface area contributed by atoms with Gasteiger partial charge in [0.1, 0.15) is 4.21 Å². The lowest BCUT2D eigenvalue weighted by molar-refractivity contribution is 0.603. The fourth-order valence-corrected chi connectivity index (χ4v) is 4.42. The smallest absolute Gasteiger partial charge is 0.271 e. The predicted octanol–water partition coefficient (Wildman–Crippen LogP) is 4.22. The van der Waals surface area contributed by atoms with E-state index in [4.69, 9.17) is 0 Å². The van der Waals surface area contributed by atoms with E-state index in [9.17, 15) is 8.42 Å². The molecule has 1 aromatic carbocycles. The molecule has 0 aliphatic carbocycles. The van der Waals surface area contributed by atoms with E-state index in [1.807, 2.05) is 13.0 Å². The summed E-state index contributed by atoms with van der Waals surface area (Å²) in [5.74, 6) is 0. The van der Waals surface area contributed by atoms with E-state index in [0.29, 0.717) is 9.90 Å². The average molecular weight is 458 g/mol. The maximum absolute atomic E-state index is 12.1. The molecule has 1 N–H and O–H groups in total. The van der Waals surface area contributed by atoms with Crippen LogP contribution in [0.1, 0.15) is 4.88 Å². The van der Waals surface area contributed by atoms with E-state index in [2.05, 4.69) is 43.2 Å². The molecule has 7 heteroatoms. The molecular formula is C11H9BrINO2S2. The third-order valence-electron chi connectivity index (χ3n) is 2.15. The maximum atomic E-state index is 12.1. The van der Waals surface area contributed by atoms with Crippen LogP contribution < -0.4 is 4.72 Å². The van der Waals surface area contributed by atoms with Crippen LogP contribution in [0.3, 0.4) is 0 Å². The third-order valence-corrected chi connectivity index (χ3v) is 7.35. The summed E-state index contributed by atoms with van der Waals surface area (Å²) in [6.07, 6.45) is 0. The third kappa shape index (κ3) is 3.25. The Labute approximate surface area is 132 Å². The van der Waals surface area contributed by atoms with Gasteiger partial charge in [-0.05, 0) is 75.8 Å². The van der Waals surface area contributed by atoms with Crippen molar-refractivity contribution in [3.8, 4) is 0 Å². The van der Waals surface area contributed by atoms with Crippen LogP contribution in [0.15, 0.2) is 39.0 Å². The minimum absolute atomic E-state index is 0.331. The van der Waals surface area contributed by atoms with Crippen molar-refractivity contribution in [2.45, 2.75) is 11.1 Å². The molecular weight excluding hydrogens is 449 g/mol. The van der Waals surface area contributed by atoms with Gasteiger partial charge in [-0.15, -0.1) is 11.3 Å². The average Bonchev–Trinajstić information content (AvgIpc) is 2.71. The summed E-state index contributed by atoms with van der Waals surface area (Å²) in [5, 5.41) is 0. The number of nitrogens with one attached hydrogen (secondary N) is 1. The first-order valence-electron chi connectivity index (χ1n) is 4.93. The van der Waals surface area contributed by atoms with Gasteiger partial charge in [-0.1, -0.05) is 0 Å². The van der Waals surface area contributed by atoms with Crippen LogP contribution in [0.2, 0.25) is 0 Å². The van der Waals surface area contributed by atoms with E-state index < -0.39 is 10.0 Å². The number of hydrogen-bond donors (Lipinski definition) is 1. The molecule has 0 fully saturated rings. The highest BCUT2D eigenvalue weighted by Gasteiger charge is 2.16. The number of thiophene rings is 1. The van der Waals surface area contributed by atoms with Crippen LogP contribution in [-0.4, -0.2) is 8.42 Å². The van der Waals surface area contributed by atoms with Crippen LogP contribution in [0.5, 0.6) is 0 Å². The fourth-order valence-electron chi connectivity index (χ4n) is 1.32. The maximum Gasteiger partial charge on any atom is 0.271 e. The van der Waals surface area contributed by atoms with Gasteiger partial charge < -0.3 is 0 Å². The molecule has 18 heavy (non-hydrogen) atoms. The lowest BCUT2D eigenvalue weighted by atomic mass is 10.3. The summed E-state index contributed by atoms with van der Waals surface area (Å²) in [5.41, 5.74) is 0.564. The predicted molar refractivity (Wildman–Crippen MR) is 86.7 cm³/mol. The highest BCUT2D eigenvalue weighted by molar-refractivity contribution is 14.1. The van der Waals surface area contributed by atoms with Crippen molar-refractivity contribution in [1.82, 2.24) is 0 Å². The second kappa shape index (κ2) is 5.48. The Morgan fingerprint density at radius 3 is 2.56 bits per heavy atom. The van der Waals surface area contributed by atoms with Crippen LogP contribution >= 0.6 is 49.9 Å². The minimum Gasteiger partial charge on any atom is -0.279 e. The first kappa shape index (κ1) is 14.3. The SMILES string of the molecule is Cc1ccc(S(=O)(=O)Nc2ccc(Br)c(I)c2)s1. The Bertz CT molecular complexity index is 682. The van der Waals surface area contributed by atoms with Gasteiger partial charge in [0, 0.05) is 18.6 Å². The van der Waals surface area contributed by atoms with Gasteiger partial charge in [-0.2, -0.15) is 0 Å². The highest BCUT2D eigenvalue weighted by Crippen LogP contribution is 2.26. The zero-order valence-corrected chi connectivity index (χ0v) is 14.7. The second-order valence-electron chi connectivity index (χ2n) is 3.60. The van der Waals surface area contributed by atoms with Crippen molar-refractivity contribution in [2.24, 2.45) is 0 Å². The van der Waals surface area contributed by atoms with Crippen LogP contribution in [0.25, 0.3) is 0 Å². The summed E-state index contributed by atoms with van der Waals surface area (Å²) in [6.45, 7) is 1.88.